The van der Waals surface area contributed by atoms with E-state index in [0.717, 1.165) is 5.56 Å². The van der Waals surface area contributed by atoms with Crippen molar-refractivity contribution in [2.45, 2.75) is 26.4 Å². The first-order valence-electron chi connectivity index (χ1n) is 6.30. The van der Waals surface area contributed by atoms with Gasteiger partial charge in [-0.3, -0.25) is 9.59 Å². The molecule has 0 aliphatic rings. The first kappa shape index (κ1) is 15.2. The molecule has 0 aromatic heterocycles. The first-order chi connectivity index (χ1) is 9.06. The van der Waals surface area contributed by atoms with Crippen molar-refractivity contribution in [2.75, 3.05) is 13.2 Å². The quantitative estimate of drug-likeness (QED) is 0.762. The number of benzene rings is 1. The Bertz CT molecular complexity index is 418. The van der Waals surface area contributed by atoms with Crippen LogP contribution in [0.1, 0.15) is 19.4 Å². The minimum absolute atomic E-state index is 0.0763. The average molecular weight is 264 g/mol. The van der Waals surface area contributed by atoms with Gasteiger partial charge in [-0.1, -0.05) is 30.3 Å². The minimum Gasteiger partial charge on any atom is -0.395 e. The summed E-state index contributed by atoms with van der Waals surface area (Å²) < 4.78 is 0. The van der Waals surface area contributed by atoms with Crippen molar-refractivity contribution in [2.24, 2.45) is 0 Å². The Morgan fingerprint density at radius 3 is 2.42 bits per heavy atom. The summed E-state index contributed by atoms with van der Waals surface area (Å²) in [7, 11) is 0. The molecule has 0 atom stereocenters. The summed E-state index contributed by atoms with van der Waals surface area (Å²) in [4.78, 5) is 25.2. The number of aliphatic hydroxyl groups is 1. The largest absolute Gasteiger partial charge is 0.395 e. The SMILES string of the molecule is CC(C)N(Cc1ccccc1)C(=O)C(=O)NCCO. The molecule has 0 saturated carbocycles. The van der Waals surface area contributed by atoms with Crippen molar-refractivity contribution in [3.05, 3.63) is 35.9 Å². The summed E-state index contributed by atoms with van der Waals surface area (Å²) in [6.07, 6.45) is 0. The van der Waals surface area contributed by atoms with Crippen LogP contribution in [0.3, 0.4) is 0 Å². The lowest BCUT2D eigenvalue weighted by atomic mass is 10.2. The van der Waals surface area contributed by atoms with Gasteiger partial charge in [-0.15, -0.1) is 0 Å². The maximum absolute atomic E-state index is 12.0. The van der Waals surface area contributed by atoms with Crippen molar-refractivity contribution >= 4 is 11.8 Å². The van der Waals surface area contributed by atoms with Crippen LogP contribution in [0.15, 0.2) is 30.3 Å². The zero-order chi connectivity index (χ0) is 14.3. The van der Waals surface area contributed by atoms with E-state index in [-0.39, 0.29) is 19.2 Å². The predicted octanol–water partition coefficient (Wildman–Crippen LogP) is 0.532. The highest BCUT2D eigenvalue weighted by Gasteiger charge is 2.23. The second-order valence-corrected chi connectivity index (χ2v) is 4.49. The van der Waals surface area contributed by atoms with Crippen LogP contribution in [0.5, 0.6) is 0 Å². The molecule has 0 aliphatic carbocycles. The molecule has 0 spiro atoms. The number of hydrogen-bond acceptors (Lipinski definition) is 3. The molecule has 0 radical (unpaired) electrons. The second kappa shape index (κ2) is 7.53. The molecule has 2 amide bonds. The van der Waals surface area contributed by atoms with Gasteiger partial charge >= 0.3 is 11.8 Å². The molecule has 0 heterocycles. The van der Waals surface area contributed by atoms with Crippen LogP contribution in [-0.2, 0) is 16.1 Å². The molecule has 1 aromatic carbocycles. The van der Waals surface area contributed by atoms with E-state index in [2.05, 4.69) is 5.32 Å². The number of nitrogens with one attached hydrogen (secondary N) is 1. The zero-order valence-electron chi connectivity index (χ0n) is 11.3. The Morgan fingerprint density at radius 2 is 1.89 bits per heavy atom. The molecule has 5 nitrogen and oxygen atoms in total. The summed E-state index contributed by atoms with van der Waals surface area (Å²) in [6.45, 7) is 4.02. The van der Waals surface area contributed by atoms with Crippen LogP contribution >= 0.6 is 0 Å². The van der Waals surface area contributed by atoms with Gasteiger partial charge in [0.2, 0.25) is 0 Å². The molecule has 5 heteroatoms. The van der Waals surface area contributed by atoms with Gasteiger partial charge in [0, 0.05) is 19.1 Å². The number of aliphatic hydroxyl groups excluding tert-OH is 1. The van der Waals surface area contributed by atoms with Crippen molar-refractivity contribution in [3.8, 4) is 0 Å². The van der Waals surface area contributed by atoms with E-state index in [1.807, 2.05) is 44.2 Å². The van der Waals surface area contributed by atoms with Gasteiger partial charge in [0.05, 0.1) is 6.61 Å². The molecule has 0 fully saturated rings. The molecule has 0 unspecified atom stereocenters. The number of carbonyl (C=O) groups is 2. The van der Waals surface area contributed by atoms with Gasteiger partial charge in [0.25, 0.3) is 0 Å². The van der Waals surface area contributed by atoms with E-state index in [1.165, 1.54) is 4.90 Å². The highest BCUT2D eigenvalue weighted by molar-refractivity contribution is 6.35. The molecule has 1 aromatic rings. The van der Waals surface area contributed by atoms with Crippen LogP contribution in [0.25, 0.3) is 0 Å². The van der Waals surface area contributed by atoms with Crippen molar-refractivity contribution in [1.82, 2.24) is 10.2 Å². The number of nitrogens with zero attached hydrogens (tertiary/aromatic N) is 1. The molecule has 2 N–H and O–H groups in total. The number of carbonyl (C=O) groups excluding carboxylic acids is 2. The first-order valence-corrected chi connectivity index (χ1v) is 6.30. The number of hydrogen-bond donors (Lipinski definition) is 2. The highest BCUT2D eigenvalue weighted by Crippen LogP contribution is 2.08. The Kier molecular flexibility index (Phi) is 6.02. The fourth-order valence-corrected chi connectivity index (χ4v) is 1.64. The minimum atomic E-state index is -0.682. The molecular formula is C14H20N2O3. The Hall–Kier alpha value is -1.88. The third-order valence-corrected chi connectivity index (χ3v) is 2.67. The molecule has 1 rings (SSSR count). The molecule has 0 saturated heterocycles. The summed E-state index contributed by atoms with van der Waals surface area (Å²) in [5.74, 6) is -1.26. The smallest absolute Gasteiger partial charge is 0.312 e. The predicted molar refractivity (Wildman–Crippen MR) is 72.2 cm³/mol. The van der Waals surface area contributed by atoms with Crippen LogP contribution in [0, 0.1) is 0 Å². The lowest BCUT2D eigenvalue weighted by Gasteiger charge is -2.26. The topological polar surface area (TPSA) is 69.6 Å². The third kappa shape index (κ3) is 4.71. The van der Waals surface area contributed by atoms with Crippen molar-refractivity contribution < 1.29 is 14.7 Å². The van der Waals surface area contributed by atoms with Gasteiger partial charge in [-0.25, -0.2) is 0 Å². The summed E-state index contributed by atoms with van der Waals surface area (Å²) in [6, 6.07) is 9.43. The standard InChI is InChI=1S/C14H20N2O3/c1-11(2)16(10-12-6-4-3-5-7-12)14(19)13(18)15-8-9-17/h3-7,11,17H,8-10H2,1-2H3,(H,15,18). The number of amides is 2. The van der Waals surface area contributed by atoms with E-state index < -0.39 is 11.8 Å². The van der Waals surface area contributed by atoms with Crippen molar-refractivity contribution in [1.29, 1.82) is 0 Å². The molecule has 0 bridgehead atoms. The molecule has 104 valence electrons. The van der Waals surface area contributed by atoms with Gasteiger partial charge in [-0.2, -0.15) is 0 Å². The maximum Gasteiger partial charge on any atom is 0.312 e. The summed E-state index contributed by atoms with van der Waals surface area (Å²) in [5.41, 5.74) is 0.972. The van der Waals surface area contributed by atoms with E-state index in [1.54, 1.807) is 0 Å². The van der Waals surface area contributed by atoms with Gasteiger partial charge in [0.1, 0.15) is 0 Å². The van der Waals surface area contributed by atoms with Crippen LogP contribution in [0.2, 0.25) is 0 Å². The molecule has 0 aliphatic heterocycles. The zero-order valence-corrected chi connectivity index (χ0v) is 11.3. The fraction of sp³-hybridized carbons (Fsp3) is 0.429. The van der Waals surface area contributed by atoms with Crippen molar-refractivity contribution in [3.63, 3.8) is 0 Å². The van der Waals surface area contributed by atoms with Gasteiger partial charge in [0.15, 0.2) is 0 Å². The van der Waals surface area contributed by atoms with Crippen LogP contribution < -0.4 is 5.32 Å². The lowest BCUT2D eigenvalue weighted by Crippen LogP contribution is -2.46. The number of rotatable bonds is 5. The summed E-state index contributed by atoms with van der Waals surface area (Å²) >= 11 is 0. The lowest BCUT2D eigenvalue weighted by molar-refractivity contribution is -0.147. The fourth-order valence-electron chi connectivity index (χ4n) is 1.64. The second-order valence-electron chi connectivity index (χ2n) is 4.49. The third-order valence-electron chi connectivity index (χ3n) is 2.67. The monoisotopic (exact) mass is 264 g/mol. The van der Waals surface area contributed by atoms with Gasteiger partial charge in [-0.05, 0) is 19.4 Å². The maximum atomic E-state index is 12.0. The van der Waals surface area contributed by atoms with E-state index >= 15 is 0 Å². The van der Waals surface area contributed by atoms with E-state index in [0.29, 0.717) is 6.54 Å². The highest BCUT2D eigenvalue weighted by atomic mass is 16.3. The van der Waals surface area contributed by atoms with Gasteiger partial charge < -0.3 is 15.3 Å². The molecular weight excluding hydrogens is 244 g/mol. The Balaban J connectivity index is 2.72. The Labute approximate surface area is 113 Å². The summed E-state index contributed by atoms with van der Waals surface area (Å²) in [5, 5.41) is 11.0. The van der Waals surface area contributed by atoms with E-state index in [4.69, 9.17) is 5.11 Å². The molecule has 19 heavy (non-hydrogen) atoms. The average Bonchev–Trinajstić information content (AvgIpc) is 2.42. The van der Waals surface area contributed by atoms with E-state index in [9.17, 15) is 9.59 Å². The Morgan fingerprint density at radius 1 is 1.26 bits per heavy atom. The normalized spacial score (nSPS) is 10.3. The van der Waals surface area contributed by atoms with Crippen LogP contribution in [-0.4, -0.2) is 41.0 Å². The van der Waals surface area contributed by atoms with Crippen LogP contribution in [0.4, 0.5) is 0 Å².